The zero-order valence-corrected chi connectivity index (χ0v) is 20.9. The van der Waals surface area contributed by atoms with Gasteiger partial charge in [0, 0.05) is 12.1 Å². The Balaban J connectivity index is 1.99. The summed E-state index contributed by atoms with van der Waals surface area (Å²) in [5.41, 5.74) is 1.19. The second-order valence-electron chi connectivity index (χ2n) is 9.40. The largest absolute Gasteiger partial charge is 0.350 e. The van der Waals surface area contributed by atoms with Gasteiger partial charge in [-0.05, 0) is 38.3 Å². The molecular formula is C27H36N4O4. The van der Waals surface area contributed by atoms with E-state index in [4.69, 9.17) is 0 Å². The summed E-state index contributed by atoms with van der Waals surface area (Å²) in [6.45, 7) is 7.57. The van der Waals surface area contributed by atoms with Gasteiger partial charge in [-0.3, -0.25) is 19.2 Å². The Kier molecular flexibility index (Phi) is 10.6. The summed E-state index contributed by atoms with van der Waals surface area (Å²) in [7, 11) is 0. The standard InChI is InChI=1S/C27H36N4O4/c1-5-12-21(31-27(2,3)4)24(33)26(35)29-18-22(32)30-23(20-15-10-7-11-16-20)25(34)28-17-19-13-8-6-9-14-19/h6-11,13-16,21,23,31H,5,12,17-18H2,1-4H3,(H,28,34)(H,29,35)(H,30,32). The summed E-state index contributed by atoms with van der Waals surface area (Å²) in [6.07, 6.45) is 1.23. The Morgan fingerprint density at radius 3 is 2.03 bits per heavy atom. The van der Waals surface area contributed by atoms with Crippen molar-refractivity contribution in [3.05, 3.63) is 71.8 Å². The highest BCUT2D eigenvalue weighted by molar-refractivity contribution is 6.38. The van der Waals surface area contributed by atoms with Crippen molar-refractivity contribution in [2.45, 2.75) is 64.7 Å². The van der Waals surface area contributed by atoms with E-state index in [9.17, 15) is 19.2 Å². The monoisotopic (exact) mass is 480 g/mol. The molecule has 3 amide bonds. The molecule has 0 spiro atoms. The first-order chi connectivity index (χ1) is 16.6. The molecule has 0 saturated heterocycles. The van der Waals surface area contributed by atoms with Gasteiger partial charge in [0.25, 0.3) is 5.91 Å². The van der Waals surface area contributed by atoms with E-state index in [2.05, 4.69) is 21.3 Å². The average Bonchev–Trinajstić information content (AvgIpc) is 2.84. The average molecular weight is 481 g/mol. The van der Waals surface area contributed by atoms with Crippen LogP contribution in [0.3, 0.4) is 0 Å². The normalized spacial score (nSPS) is 12.8. The van der Waals surface area contributed by atoms with Crippen LogP contribution in [0.15, 0.2) is 60.7 Å². The van der Waals surface area contributed by atoms with E-state index in [1.807, 2.05) is 64.1 Å². The molecule has 4 N–H and O–H groups in total. The first-order valence-electron chi connectivity index (χ1n) is 11.9. The lowest BCUT2D eigenvalue weighted by atomic mass is 10.0. The van der Waals surface area contributed by atoms with Gasteiger partial charge in [0.2, 0.25) is 17.6 Å². The van der Waals surface area contributed by atoms with Crippen molar-refractivity contribution in [2.24, 2.45) is 0 Å². The minimum atomic E-state index is -0.949. The Bertz CT molecular complexity index is 987. The molecule has 8 heteroatoms. The molecule has 0 bridgehead atoms. The second kappa shape index (κ2) is 13.4. The number of hydrogen-bond donors (Lipinski definition) is 4. The Hall–Kier alpha value is -3.52. The molecule has 0 heterocycles. The van der Waals surface area contributed by atoms with Crippen molar-refractivity contribution in [3.8, 4) is 0 Å². The fraction of sp³-hybridized carbons (Fsp3) is 0.407. The van der Waals surface area contributed by atoms with E-state index >= 15 is 0 Å². The predicted octanol–water partition coefficient (Wildman–Crippen LogP) is 2.40. The van der Waals surface area contributed by atoms with Gasteiger partial charge in [-0.25, -0.2) is 0 Å². The molecule has 2 unspecified atom stereocenters. The third-order valence-corrected chi connectivity index (χ3v) is 5.14. The van der Waals surface area contributed by atoms with Crippen molar-refractivity contribution in [2.75, 3.05) is 6.54 Å². The van der Waals surface area contributed by atoms with Crippen LogP contribution in [0.25, 0.3) is 0 Å². The van der Waals surface area contributed by atoms with Crippen LogP contribution in [0.4, 0.5) is 0 Å². The smallest absolute Gasteiger partial charge is 0.289 e. The van der Waals surface area contributed by atoms with Gasteiger partial charge in [-0.15, -0.1) is 0 Å². The Labute approximate surface area is 207 Å². The number of carbonyl (C=O) groups excluding carboxylic acids is 4. The van der Waals surface area contributed by atoms with Crippen molar-refractivity contribution >= 4 is 23.5 Å². The third-order valence-electron chi connectivity index (χ3n) is 5.14. The van der Waals surface area contributed by atoms with Gasteiger partial charge in [-0.2, -0.15) is 0 Å². The molecular weight excluding hydrogens is 444 g/mol. The number of rotatable bonds is 12. The number of Topliss-reactive ketones (excluding diaryl/α,β-unsaturated/α-hetero) is 1. The van der Waals surface area contributed by atoms with Gasteiger partial charge in [0.1, 0.15) is 6.04 Å². The Morgan fingerprint density at radius 2 is 1.46 bits per heavy atom. The molecule has 0 aliphatic rings. The lowest BCUT2D eigenvalue weighted by Crippen LogP contribution is -2.53. The van der Waals surface area contributed by atoms with Crippen molar-refractivity contribution in [3.63, 3.8) is 0 Å². The molecule has 0 saturated carbocycles. The molecule has 2 atom stereocenters. The lowest BCUT2D eigenvalue weighted by molar-refractivity contribution is -0.140. The first-order valence-corrected chi connectivity index (χ1v) is 11.9. The maximum absolute atomic E-state index is 12.9. The van der Waals surface area contributed by atoms with Crippen LogP contribution in [0.5, 0.6) is 0 Å². The topological polar surface area (TPSA) is 116 Å². The molecule has 0 aromatic heterocycles. The summed E-state index contributed by atoms with van der Waals surface area (Å²) in [6, 6.07) is 16.7. The molecule has 2 aromatic carbocycles. The predicted molar refractivity (Wildman–Crippen MR) is 135 cm³/mol. The quantitative estimate of drug-likeness (QED) is 0.348. The Morgan fingerprint density at radius 1 is 0.857 bits per heavy atom. The summed E-state index contributed by atoms with van der Waals surface area (Å²) in [5.74, 6) is -2.41. The third kappa shape index (κ3) is 9.70. The zero-order valence-electron chi connectivity index (χ0n) is 20.9. The van der Waals surface area contributed by atoms with Crippen LogP contribution in [0, 0.1) is 0 Å². The van der Waals surface area contributed by atoms with Crippen molar-refractivity contribution in [1.29, 1.82) is 0 Å². The number of amides is 3. The molecule has 0 aliphatic carbocycles. The molecule has 35 heavy (non-hydrogen) atoms. The lowest BCUT2D eigenvalue weighted by Gasteiger charge is -2.27. The van der Waals surface area contributed by atoms with Crippen LogP contribution in [-0.4, -0.2) is 41.6 Å². The molecule has 8 nitrogen and oxygen atoms in total. The molecule has 2 rings (SSSR count). The summed E-state index contributed by atoms with van der Waals surface area (Å²) < 4.78 is 0. The fourth-order valence-corrected chi connectivity index (χ4v) is 3.53. The van der Waals surface area contributed by atoms with Gasteiger partial charge >= 0.3 is 0 Å². The van der Waals surface area contributed by atoms with E-state index in [0.717, 1.165) is 12.0 Å². The highest BCUT2D eigenvalue weighted by Gasteiger charge is 2.29. The number of ketones is 1. The fourth-order valence-electron chi connectivity index (χ4n) is 3.53. The summed E-state index contributed by atoms with van der Waals surface area (Å²) in [4.78, 5) is 50.6. The minimum Gasteiger partial charge on any atom is -0.350 e. The van der Waals surface area contributed by atoms with E-state index in [1.165, 1.54) is 0 Å². The summed E-state index contributed by atoms with van der Waals surface area (Å²) in [5, 5.41) is 11.0. The van der Waals surface area contributed by atoms with Gasteiger partial charge in [0.15, 0.2) is 0 Å². The second-order valence-corrected chi connectivity index (χ2v) is 9.40. The maximum atomic E-state index is 12.9. The highest BCUT2D eigenvalue weighted by Crippen LogP contribution is 2.13. The number of nitrogens with one attached hydrogen (secondary N) is 4. The van der Waals surface area contributed by atoms with Gasteiger partial charge in [0.05, 0.1) is 12.6 Å². The van der Waals surface area contributed by atoms with Crippen LogP contribution >= 0.6 is 0 Å². The number of hydrogen-bond acceptors (Lipinski definition) is 5. The van der Waals surface area contributed by atoms with Gasteiger partial charge < -0.3 is 21.3 Å². The molecule has 0 fully saturated rings. The van der Waals surface area contributed by atoms with E-state index in [-0.39, 0.29) is 11.4 Å². The zero-order chi connectivity index (χ0) is 25.8. The van der Waals surface area contributed by atoms with E-state index in [1.54, 1.807) is 24.3 Å². The molecule has 0 radical (unpaired) electrons. The molecule has 0 aliphatic heterocycles. The number of benzene rings is 2. The minimum absolute atomic E-state index is 0.309. The van der Waals surface area contributed by atoms with Crippen LogP contribution in [-0.2, 0) is 25.7 Å². The van der Waals surface area contributed by atoms with E-state index in [0.29, 0.717) is 18.5 Å². The SMILES string of the molecule is CCCC(NC(C)(C)C)C(=O)C(=O)NCC(=O)NC(C(=O)NCc1ccccc1)c1ccccc1. The highest BCUT2D eigenvalue weighted by atomic mass is 16.2. The summed E-state index contributed by atoms with van der Waals surface area (Å²) >= 11 is 0. The van der Waals surface area contributed by atoms with Crippen LogP contribution in [0.1, 0.15) is 57.7 Å². The van der Waals surface area contributed by atoms with Crippen molar-refractivity contribution in [1.82, 2.24) is 21.3 Å². The number of carbonyl (C=O) groups is 4. The van der Waals surface area contributed by atoms with Crippen LogP contribution in [0.2, 0.25) is 0 Å². The molecule has 188 valence electrons. The van der Waals surface area contributed by atoms with E-state index < -0.39 is 36.2 Å². The van der Waals surface area contributed by atoms with Crippen molar-refractivity contribution < 1.29 is 19.2 Å². The van der Waals surface area contributed by atoms with Crippen LogP contribution < -0.4 is 21.3 Å². The van der Waals surface area contributed by atoms with Gasteiger partial charge in [-0.1, -0.05) is 74.0 Å². The molecule has 2 aromatic rings. The maximum Gasteiger partial charge on any atom is 0.289 e. The first kappa shape index (κ1) is 27.7.